The molecule has 5 N–H and O–H groups in total. The second-order valence-electron chi connectivity index (χ2n) is 8.38. The van der Waals surface area contributed by atoms with Gasteiger partial charge in [0.05, 0.1) is 17.0 Å². The lowest BCUT2D eigenvalue weighted by molar-refractivity contribution is -0.689. The van der Waals surface area contributed by atoms with Gasteiger partial charge in [0.2, 0.25) is 11.7 Å². The molecule has 1 unspecified atom stereocenters. The molecule has 42 heavy (non-hydrogen) atoms. The van der Waals surface area contributed by atoms with Gasteiger partial charge in [-0.05, 0) is 34.8 Å². The molecular formula is C24H21Cl2F3N5O6S2+. The predicted octanol–water partition coefficient (Wildman–Crippen LogP) is 2.98. The number of nitrogens with two attached hydrogens (primary N) is 1. The summed E-state index contributed by atoms with van der Waals surface area (Å²) in [7, 11) is 0. The van der Waals surface area contributed by atoms with E-state index in [9.17, 15) is 32.7 Å². The Bertz CT molecular complexity index is 1440. The third-order valence-electron chi connectivity index (χ3n) is 5.44. The van der Waals surface area contributed by atoms with Crippen LogP contribution in [0.3, 0.4) is 0 Å². The number of hydrogen-bond donors (Lipinski definition) is 4. The molecule has 0 spiro atoms. The molecule has 1 saturated heterocycles. The number of allylic oxidation sites excluding steroid dienone is 2. The quantitative estimate of drug-likeness (QED) is 0.187. The molecule has 2 amide bonds. The van der Waals surface area contributed by atoms with Crippen molar-refractivity contribution in [3.8, 4) is 0 Å². The Morgan fingerprint density at radius 2 is 1.95 bits per heavy atom. The third-order valence-corrected chi connectivity index (χ3v) is 8.47. The molecule has 2 atom stereocenters. The molecule has 1 aromatic heterocycles. The van der Waals surface area contributed by atoms with E-state index in [0.29, 0.717) is 38.6 Å². The minimum atomic E-state index is -5.08. The van der Waals surface area contributed by atoms with Gasteiger partial charge in [-0.15, -0.1) is 23.5 Å². The summed E-state index contributed by atoms with van der Waals surface area (Å²) in [5, 5.41) is 20.1. The zero-order valence-electron chi connectivity index (χ0n) is 21.0. The number of fused-ring (bicyclic) bond motifs is 1. The molecule has 11 nitrogen and oxygen atoms in total. The van der Waals surface area contributed by atoms with Crippen LogP contribution in [0.2, 0.25) is 10.0 Å². The number of nitrogen functional groups attached to an aromatic ring is 1. The number of rotatable bonds is 8. The molecule has 3 heterocycles. The number of halogens is 5. The van der Waals surface area contributed by atoms with E-state index in [-0.39, 0.29) is 17.4 Å². The molecule has 1 aromatic carbocycles. The van der Waals surface area contributed by atoms with Crippen molar-refractivity contribution in [2.45, 2.75) is 29.0 Å². The number of benzene rings is 1. The molecule has 0 saturated carbocycles. The van der Waals surface area contributed by atoms with Crippen LogP contribution in [0.1, 0.15) is 0 Å². The van der Waals surface area contributed by atoms with Gasteiger partial charge in [0.15, 0.2) is 0 Å². The second-order valence-corrected chi connectivity index (χ2v) is 11.4. The van der Waals surface area contributed by atoms with E-state index in [1.54, 1.807) is 53.5 Å². The summed E-state index contributed by atoms with van der Waals surface area (Å²) >= 11 is 14.7. The Morgan fingerprint density at radius 1 is 1.26 bits per heavy atom. The molecule has 18 heteroatoms. The van der Waals surface area contributed by atoms with Crippen molar-refractivity contribution in [3.05, 3.63) is 70.3 Å². The van der Waals surface area contributed by atoms with Crippen LogP contribution in [0.4, 0.5) is 19.0 Å². The number of thioether (sulfide) groups is 2. The largest absolute Gasteiger partial charge is 0.490 e. The number of carbonyl (C=O) groups excluding carboxylic acids is 2. The molecule has 0 bridgehead atoms. The Balaban J connectivity index is 0.000000616. The first-order chi connectivity index (χ1) is 19.7. The fourth-order valence-corrected chi connectivity index (χ4v) is 6.16. The maximum Gasteiger partial charge on any atom is 0.490 e. The molecule has 2 aliphatic heterocycles. The molecule has 224 valence electrons. The number of carboxylic acids is 2. The van der Waals surface area contributed by atoms with Gasteiger partial charge < -0.3 is 21.3 Å². The third kappa shape index (κ3) is 8.53. The van der Waals surface area contributed by atoms with Crippen LogP contribution in [0.5, 0.6) is 0 Å². The monoisotopic (exact) mass is 666 g/mol. The number of hydrogen-bond acceptors (Lipinski definition) is 8. The predicted molar refractivity (Wildman–Crippen MR) is 149 cm³/mol. The maximum absolute atomic E-state index is 12.8. The van der Waals surface area contributed by atoms with Crippen molar-refractivity contribution in [2.24, 2.45) is 0 Å². The summed E-state index contributed by atoms with van der Waals surface area (Å²) in [4.78, 5) is 52.0. The van der Waals surface area contributed by atoms with Gasteiger partial charge in [0, 0.05) is 21.7 Å². The van der Waals surface area contributed by atoms with Gasteiger partial charge in [-0.2, -0.15) is 13.2 Å². The van der Waals surface area contributed by atoms with Gasteiger partial charge in [-0.25, -0.2) is 14.2 Å². The van der Waals surface area contributed by atoms with E-state index < -0.39 is 35.4 Å². The standard InChI is InChI=1S/C22H19Cl2N5O4S2.C2HF3O2/c23-13-3-4-14(24)15(8-13)34-10-17(30)27-18-20(31)29-19(22(32)33)12(9-35-21(18)29)2-1-6-28-7-5-16(25)26-11-28;3-2(4,5)1(6)7/h1-5,7-8,11,18,21,25H,6,9-10H2,(H2,27,30,32,33);(H,6,7)/p+1/b2-1+;/t18-,21?;/m1./s1. The van der Waals surface area contributed by atoms with Crippen LogP contribution in [0.25, 0.3) is 0 Å². The average Bonchev–Trinajstić information content (AvgIpc) is 2.92. The topological polar surface area (TPSA) is 167 Å². The first-order valence-electron chi connectivity index (χ1n) is 11.5. The number of alkyl halides is 3. The first-order valence-corrected chi connectivity index (χ1v) is 14.3. The second kappa shape index (κ2) is 14.1. The van der Waals surface area contributed by atoms with Gasteiger partial charge in [0.25, 0.3) is 12.2 Å². The molecule has 0 aliphatic carbocycles. The van der Waals surface area contributed by atoms with Gasteiger partial charge in [0.1, 0.15) is 23.7 Å². The summed E-state index contributed by atoms with van der Waals surface area (Å²) in [6, 6.07) is 5.83. The highest BCUT2D eigenvalue weighted by Crippen LogP contribution is 2.40. The summed E-state index contributed by atoms with van der Waals surface area (Å²) in [5.74, 6) is -3.94. The van der Waals surface area contributed by atoms with Crippen molar-refractivity contribution < 1.29 is 47.1 Å². The first kappa shape index (κ1) is 33.0. The van der Waals surface area contributed by atoms with Gasteiger partial charge in [-0.1, -0.05) is 29.3 Å². The van der Waals surface area contributed by atoms with E-state index in [4.69, 9.17) is 38.8 Å². The highest BCUT2D eigenvalue weighted by molar-refractivity contribution is 8.00. The number of amides is 2. The van der Waals surface area contributed by atoms with Crippen molar-refractivity contribution in [3.63, 3.8) is 0 Å². The highest BCUT2D eigenvalue weighted by Gasteiger charge is 2.53. The molecule has 4 rings (SSSR count). The van der Waals surface area contributed by atoms with Gasteiger partial charge in [-0.3, -0.25) is 14.5 Å². The number of carboxylic acid groups (broad SMARTS) is 2. The number of aromatic nitrogens is 2. The average molecular weight is 667 g/mol. The summed E-state index contributed by atoms with van der Waals surface area (Å²) in [5.41, 5.74) is 6.03. The Hall–Kier alpha value is -3.47. The van der Waals surface area contributed by atoms with E-state index in [2.05, 4.69) is 10.3 Å². The van der Waals surface area contributed by atoms with Crippen molar-refractivity contribution in [1.29, 1.82) is 0 Å². The van der Waals surface area contributed by atoms with E-state index in [0.717, 1.165) is 0 Å². The van der Waals surface area contributed by atoms with Crippen LogP contribution in [-0.4, -0.2) is 72.9 Å². The zero-order chi connectivity index (χ0) is 31.2. The van der Waals surface area contributed by atoms with Crippen LogP contribution in [0, 0.1) is 0 Å². The number of anilines is 1. The molecule has 2 aromatic rings. The van der Waals surface area contributed by atoms with Crippen molar-refractivity contribution in [2.75, 3.05) is 17.2 Å². The van der Waals surface area contributed by atoms with E-state index in [1.807, 2.05) is 0 Å². The highest BCUT2D eigenvalue weighted by atomic mass is 35.5. The minimum Gasteiger partial charge on any atom is -0.477 e. The summed E-state index contributed by atoms with van der Waals surface area (Å²) < 4.78 is 33.5. The normalized spacial score (nSPS) is 18.1. The number of nitrogens with zero attached hydrogens (tertiary/aromatic N) is 3. The van der Waals surface area contributed by atoms with E-state index >= 15 is 0 Å². The van der Waals surface area contributed by atoms with Crippen LogP contribution in [-0.2, 0) is 25.7 Å². The minimum absolute atomic E-state index is 0.0362. The molecule has 2 aliphatic rings. The fourth-order valence-electron chi connectivity index (χ4n) is 3.54. The molecular weight excluding hydrogens is 646 g/mol. The lowest BCUT2D eigenvalue weighted by Gasteiger charge is -2.49. The Kier molecular flexibility index (Phi) is 11.1. The number of nitrogens with one attached hydrogen (secondary N) is 1. The fraction of sp³-hybridized carbons (Fsp3) is 0.250. The van der Waals surface area contributed by atoms with Crippen LogP contribution < -0.4 is 15.6 Å². The lowest BCUT2D eigenvalue weighted by Crippen LogP contribution is -2.70. The summed E-state index contributed by atoms with van der Waals surface area (Å²) in [6.07, 6.45) is 1.73. The molecule has 1 fully saturated rings. The maximum atomic E-state index is 12.8. The van der Waals surface area contributed by atoms with Crippen molar-refractivity contribution >= 4 is 76.3 Å². The Morgan fingerprint density at radius 3 is 2.55 bits per heavy atom. The smallest absolute Gasteiger partial charge is 0.477 e. The lowest BCUT2D eigenvalue weighted by atomic mass is 10.0. The van der Waals surface area contributed by atoms with Crippen LogP contribution in [0.15, 0.2) is 65.1 Å². The SMILES string of the molecule is Nc1cc[n+](C/C=C/C2=C(C(=O)O)N3C(=O)[C@@H](NC(=O)CSc4cc(Cl)ccc4Cl)C3SC2)cn1.O=C(O)C(F)(F)F. The number of β-lactam (4-membered cyclic amide) rings is 1. The Labute approximate surface area is 254 Å². The number of aliphatic carboxylic acids is 2. The number of carbonyl (C=O) groups is 4. The van der Waals surface area contributed by atoms with Crippen molar-refractivity contribution in [1.82, 2.24) is 15.2 Å². The van der Waals surface area contributed by atoms with Crippen LogP contribution >= 0.6 is 46.7 Å². The summed E-state index contributed by atoms with van der Waals surface area (Å²) in [6.45, 7) is 0.457. The molecule has 0 radical (unpaired) electrons. The van der Waals surface area contributed by atoms with Gasteiger partial charge >= 0.3 is 18.1 Å². The van der Waals surface area contributed by atoms with E-state index in [1.165, 1.54) is 28.4 Å². The zero-order valence-corrected chi connectivity index (χ0v) is 24.2.